The molecule has 3 N–H and O–H groups in total. The van der Waals surface area contributed by atoms with Gasteiger partial charge in [-0.25, -0.2) is 9.97 Å². The average molecular weight is 283 g/mol. The molecule has 1 aromatic carbocycles. The highest BCUT2D eigenvalue weighted by molar-refractivity contribution is 5.80. The van der Waals surface area contributed by atoms with Crippen molar-refractivity contribution in [3.63, 3.8) is 0 Å². The highest BCUT2D eigenvalue weighted by Gasteiger charge is 2.24. The summed E-state index contributed by atoms with van der Waals surface area (Å²) in [5.74, 6) is 2.49. The Kier molecular flexibility index (Phi) is 3.35. The molecule has 5 heteroatoms. The molecule has 2 aromatic rings. The average Bonchev–Trinajstić information content (AvgIpc) is 3.17. The van der Waals surface area contributed by atoms with Crippen molar-refractivity contribution in [1.29, 1.82) is 0 Å². The Morgan fingerprint density at radius 2 is 1.81 bits per heavy atom. The van der Waals surface area contributed by atoms with Crippen LogP contribution in [0.15, 0.2) is 24.3 Å². The van der Waals surface area contributed by atoms with Gasteiger partial charge in [-0.1, -0.05) is 12.1 Å². The number of hydrogen-bond acceptors (Lipinski definition) is 5. The summed E-state index contributed by atoms with van der Waals surface area (Å²) < 4.78 is 0. The van der Waals surface area contributed by atoms with Crippen molar-refractivity contribution in [2.45, 2.75) is 25.3 Å². The first-order chi connectivity index (χ1) is 10.4. The summed E-state index contributed by atoms with van der Waals surface area (Å²) >= 11 is 0. The lowest BCUT2D eigenvalue weighted by Gasteiger charge is -2.15. The van der Waals surface area contributed by atoms with Gasteiger partial charge in [-0.05, 0) is 50.4 Å². The Labute approximate surface area is 124 Å². The van der Waals surface area contributed by atoms with Crippen molar-refractivity contribution in [3.05, 3.63) is 24.3 Å². The van der Waals surface area contributed by atoms with Crippen LogP contribution >= 0.6 is 0 Å². The van der Waals surface area contributed by atoms with Crippen molar-refractivity contribution in [2.75, 3.05) is 30.3 Å². The maximum absolute atomic E-state index is 4.76. The molecule has 4 rings (SSSR count). The molecule has 0 spiro atoms. The molecular weight excluding hydrogens is 262 g/mol. The van der Waals surface area contributed by atoms with Crippen LogP contribution in [0.2, 0.25) is 0 Å². The van der Waals surface area contributed by atoms with E-state index >= 15 is 0 Å². The third-order valence-electron chi connectivity index (χ3n) is 4.21. The predicted molar refractivity (Wildman–Crippen MR) is 85.6 cm³/mol. The van der Waals surface area contributed by atoms with E-state index in [9.17, 15) is 0 Å². The van der Waals surface area contributed by atoms with Gasteiger partial charge in [0, 0.05) is 12.6 Å². The summed E-state index contributed by atoms with van der Waals surface area (Å²) in [4.78, 5) is 9.51. The topological polar surface area (TPSA) is 61.9 Å². The number of hydrogen-bond donors (Lipinski definition) is 3. The van der Waals surface area contributed by atoms with E-state index in [2.05, 4.69) is 16.0 Å². The lowest BCUT2D eigenvalue weighted by Crippen LogP contribution is -2.19. The van der Waals surface area contributed by atoms with E-state index in [-0.39, 0.29) is 0 Å². The number of benzene rings is 1. The van der Waals surface area contributed by atoms with Crippen molar-refractivity contribution < 1.29 is 0 Å². The number of anilines is 2. The molecule has 1 atom stereocenters. The number of para-hydroxylation sites is 2. The second kappa shape index (κ2) is 5.48. The molecule has 2 heterocycles. The van der Waals surface area contributed by atoms with Gasteiger partial charge < -0.3 is 16.0 Å². The number of rotatable bonds is 5. The minimum absolute atomic E-state index is 0.578. The van der Waals surface area contributed by atoms with Gasteiger partial charge in [0.25, 0.3) is 0 Å². The number of nitrogens with one attached hydrogen (secondary N) is 3. The van der Waals surface area contributed by atoms with Crippen LogP contribution in [0, 0.1) is 5.92 Å². The Hall–Kier alpha value is -1.88. The largest absolute Gasteiger partial charge is 0.367 e. The quantitative estimate of drug-likeness (QED) is 0.785. The summed E-state index contributed by atoms with van der Waals surface area (Å²) in [5.41, 5.74) is 1.90. The zero-order valence-electron chi connectivity index (χ0n) is 12.1. The first kappa shape index (κ1) is 12.8. The molecule has 1 aromatic heterocycles. The molecule has 1 saturated heterocycles. The van der Waals surface area contributed by atoms with Crippen LogP contribution in [0.1, 0.15) is 19.3 Å². The SMILES string of the molecule is c1ccc2nc(NC3CC3)c(NC[C@H]3CCNC3)nc2c1. The van der Waals surface area contributed by atoms with Crippen LogP contribution in [-0.2, 0) is 0 Å². The van der Waals surface area contributed by atoms with E-state index in [0.29, 0.717) is 12.0 Å². The van der Waals surface area contributed by atoms with Gasteiger partial charge in [0.15, 0.2) is 11.6 Å². The van der Waals surface area contributed by atoms with E-state index in [1.165, 1.54) is 19.3 Å². The molecule has 1 aliphatic carbocycles. The van der Waals surface area contributed by atoms with Crippen molar-refractivity contribution >= 4 is 22.7 Å². The Morgan fingerprint density at radius 3 is 2.48 bits per heavy atom. The third kappa shape index (κ3) is 2.93. The van der Waals surface area contributed by atoms with E-state index in [0.717, 1.165) is 42.3 Å². The lowest BCUT2D eigenvalue weighted by molar-refractivity contribution is 0.614. The highest BCUT2D eigenvalue weighted by Crippen LogP contribution is 2.28. The second-order valence-electron chi connectivity index (χ2n) is 6.07. The first-order valence-electron chi connectivity index (χ1n) is 7.86. The van der Waals surface area contributed by atoms with Gasteiger partial charge in [0.1, 0.15) is 0 Å². The van der Waals surface area contributed by atoms with Gasteiger partial charge >= 0.3 is 0 Å². The fourth-order valence-corrected chi connectivity index (χ4v) is 2.77. The van der Waals surface area contributed by atoms with Crippen LogP contribution in [0.4, 0.5) is 11.6 Å². The standard InChI is InChI=1S/C16H21N5/c1-2-4-14-13(3-1)20-15(16(21-14)19-12-5-6-12)18-10-11-7-8-17-9-11/h1-4,11-12,17H,5-10H2,(H,18,20)(H,19,21)/t11-/m0/s1. The maximum atomic E-state index is 4.76. The molecule has 2 fully saturated rings. The number of nitrogens with zero attached hydrogens (tertiary/aromatic N) is 2. The normalized spacial score (nSPS) is 21.6. The molecule has 0 radical (unpaired) electrons. The fourth-order valence-electron chi connectivity index (χ4n) is 2.77. The molecule has 0 bridgehead atoms. The Bertz CT molecular complexity index is 632. The van der Waals surface area contributed by atoms with Gasteiger partial charge in [-0.3, -0.25) is 0 Å². The zero-order chi connectivity index (χ0) is 14.1. The minimum Gasteiger partial charge on any atom is -0.367 e. The van der Waals surface area contributed by atoms with Gasteiger partial charge in [-0.2, -0.15) is 0 Å². The minimum atomic E-state index is 0.578. The van der Waals surface area contributed by atoms with Crippen LogP contribution < -0.4 is 16.0 Å². The molecule has 2 aliphatic rings. The maximum Gasteiger partial charge on any atom is 0.169 e. The van der Waals surface area contributed by atoms with E-state index in [4.69, 9.17) is 9.97 Å². The number of fused-ring (bicyclic) bond motifs is 1. The van der Waals surface area contributed by atoms with Crippen LogP contribution in [-0.4, -0.2) is 35.6 Å². The van der Waals surface area contributed by atoms with E-state index < -0.39 is 0 Å². The predicted octanol–water partition coefficient (Wildman–Crippen LogP) is 2.23. The summed E-state index contributed by atoms with van der Waals surface area (Å²) in [6, 6.07) is 8.63. The van der Waals surface area contributed by atoms with E-state index in [1.807, 2.05) is 24.3 Å². The zero-order valence-corrected chi connectivity index (χ0v) is 12.1. The fraction of sp³-hybridized carbons (Fsp3) is 0.500. The summed E-state index contributed by atoms with van der Waals surface area (Å²) in [7, 11) is 0. The van der Waals surface area contributed by atoms with Crippen LogP contribution in [0.5, 0.6) is 0 Å². The Balaban J connectivity index is 1.59. The van der Waals surface area contributed by atoms with Crippen molar-refractivity contribution in [3.8, 4) is 0 Å². The number of aromatic nitrogens is 2. The van der Waals surface area contributed by atoms with E-state index in [1.54, 1.807) is 0 Å². The van der Waals surface area contributed by atoms with Gasteiger partial charge in [0.05, 0.1) is 11.0 Å². The summed E-state index contributed by atoms with van der Waals surface area (Å²) in [6.45, 7) is 3.18. The lowest BCUT2D eigenvalue weighted by atomic mass is 10.1. The monoisotopic (exact) mass is 283 g/mol. The molecule has 21 heavy (non-hydrogen) atoms. The summed E-state index contributed by atoms with van der Waals surface area (Å²) in [5, 5.41) is 10.4. The van der Waals surface area contributed by atoms with Gasteiger partial charge in [0.2, 0.25) is 0 Å². The molecule has 0 unspecified atom stereocenters. The second-order valence-corrected chi connectivity index (χ2v) is 6.07. The van der Waals surface area contributed by atoms with Crippen LogP contribution in [0.25, 0.3) is 11.0 Å². The van der Waals surface area contributed by atoms with Gasteiger partial charge in [-0.15, -0.1) is 0 Å². The molecule has 1 saturated carbocycles. The molecule has 1 aliphatic heterocycles. The molecular formula is C16H21N5. The van der Waals surface area contributed by atoms with Crippen LogP contribution in [0.3, 0.4) is 0 Å². The third-order valence-corrected chi connectivity index (χ3v) is 4.21. The summed E-state index contributed by atoms with van der Waals surface area (Å²) in [6.07, 6.45) is 3.71. The molecule has 0 amide bonds. The molecule has 110 valence electrons. The Morgan fingerprint density at radius 1 is 1.05 bits per heavy atom. The first-order valence-corrected chi connectivity index (χ1v) is 7.86. The smallest absolute Gasteiger partial charge is 0.169 e. The molecule has 5 nitrogen and oxygen atoms in total. The highest BCUT2D eigenvalue weighted by atomic mass is 15.1. The van der Waals surface area contributed by atoms with Crippen molar-refractivity contribution in [1.82, 2.24) is 15.3 Å². The van der Waals surface area contributed by atoms with Crippen molar-refractivity contribution in [2.24, 2.45) is 5.92 Å².